The number of carbonyl (C=O) groups is 1. The zero-order valence-corrected chi connectivity index (χ0v) is 13.7. The topological polar surface area (TPSA) is 91.1 Å². The Morgan fingerprint density at radius 2 is 2.30 bits per heavy atom. The molecule has 1 aromatic heterocycles. The molecule has 2 aromatic rings. The maximum atomic E-state index is 12.2. The third-order valence-corrected chi connectivity index (χ3v) is 4.91. The van der Waals surface area contributed by atoms with Gasteiger partial charge in [0.25, 0.3) is 0 Å². The summed E-state index contributed by atoms with van der Waals surface area (Å²) in [5, 5.41) is 17.5. The monoisotopic (exact) mass is 370 g/mol. The Labute approximate surface area is 140 Å². The third-order valence-electron chi connectivity index (χ3n) is 4.31. The number of fused-ring (bicyclic) bond motifs is 1. The van der Waals surface area contributed by atoms with E-state index in [0.29, 0.717) is 17.0 Å². The number of halogens is 1. The lowest BCUT2D eigenvalue weighted by Crippen LogP contribution is -2.26. The molecule has 2 unspecified atom stereocenters. The van der Waals surface area contributed by atoms with Crippen molar-refractivity contribution in [2.75, 3.05) is 6.61 Å². The first-order valence-electron chi connectivity index (χ1n) is 7.08. The molecule has 0 bridgehead atoms. The molecule has 1 N–H and O–H groups in total. The summed E-state index contributed by atoms with van der Waals surface area (Å²) in [6.45, 7) is 2.00. The Morgan fingerprint density at radius 1 is 1.48 bits per heavy atom. The Balaban J connectivity index is 1.93. The van der Waals surface area contributed by atoms with Gasteiger partial charge in [-0.05, 0) is 40.5 Å². The van der Waals surface area contributed by atoms with Crippen molar-refractivity contribution in [3.8, 4) is 6.07 Å². The molecular weight excluding hydrogens is 360 g/mol. The Kier molecular flexibility index (Phi) is 3.10. The number of H-pyrrole nitrogens is 1. The lowest BCUT2D eigenvalue weighted by Gasteiger charge is -2.26. The van der Waals surface area contributed by atoms with Crippen LogP contribution < -0.4 is 0 Å². The van der Waals surface area contributed by atoms with Gasteiger partial charge in [0.1, 0.15) is 11.2 Å². The van der Waals surface area contributed by atoms with E-state index in [1.54, 1.807) is 0 Å². The van der Waals surface area contributed by atoms with Gasteiger partial charge in [0, 0.05) is 17.0 Å². The SMILES string of the molecule is CC1=NC2=C(C(=O)OC2)C(c2ccc3n[nH]c(Br)c3c2)C1C#N. The molecule has 0 spiro atoms. The summed E-state index contributed by atoms with van der Waals surface area (Å²) < 4.78 is 5.90. The first-order valence-corrected chi connectivity index (χ1v) is 7.88. The summed E-state index contributed by atoms with van der Waals surface area (Å²) >= 11 is 3.43. The number of nitrogens with one attached hydrogen (secondary N) is 1. The summed E-state index contributed by atoms with van der Waals surface area (Å²) in [6, 6.07) is 8.01. The minimum atomic E-state index is -0.484. The Morgan fingerprint density at radius 3 is 3.09 bits per heavy atom. The summed E-state index contributed by atoms with van der Waals surface area (Å²) in [4.78, 5) is 16.5. The van der Waals surface area contributed by atoms with Crippen molar-refractivity contribution < 1.29 is 9.53 Å². The molecule has 0 aliphatic carbocycles. The molecule has 4 rings (SSSR count). The largest absolute Gasteiger partial charge is 0.456 e. The van der Waals surface area contributed by atoms with E-state index in [0.717, 1.165) is 21.1 Å². The number of rotatable bonds is 1. The molecule has 0 saturated carbocycles. The van der Waals surface area contributed by atoms with Crippen LogP contribution >= 0.6 is 15.9 Å². The zero-order valence-electron chi connectivity index (χ0n) is 12.1. The highest BCUT2D eigenvalue weighted by Crippen LogP contribution is 2.42. The van der Waals surface area contributed by atoms with Gasteiger partial charge in [-0.15, -0.1) is 0 Å². The predicted octanol–water partition coefficient (Wildman–Crippen LogP) is 2.83. The number of esters is 1. The highest BCUT2D eigenvalue weighted by atomic mass is 79.9. The number of carbonyl (C=O) groups excluding carboxylic acids is 1. The molecule has 0 radical (unpaired) electrons. The van der Waals surface area contributed by atoms with E-state index in [9.17, 15) is 10.1 Å². The molecule has 3 heterocycles. The summed E-state index contributed by atoms with van der Waals surface area (Å²) in [6.07, 6.45) is 0. The quantitative estimate of drug-likeness (QED) is 0.781. The molecule has 0 amide bonds. The van der Waals surface area contributed by atoms with Crippen LogP contribution in [0.1, 0.15) is 18.4 Å². The normalized spacial score (nSPS) is 23.5. The summed E-state index contributed by atoms with van der Waals surface area (Å²) in [5.74, 6) is -1.23. The smallest absolute Gasteiger partial charge is 0.337 e. The van der Waals surface area contributed by atoms with Crippen LogP contribution in [-0.4, -0.2) is 28.5 Å². The number of hydrogen-bond acceptors (Lipinski definition) is 5. The average molecular weight is 371 g/mol. The van der Waals surface area contributed by atoms with Crippen molar-refractivity contribution in [3.05, 3.63) is 39.6 Å². The van der Waals surface area contributed by atoms with Gasteiger partial charge in [-0.1, -0.05) is 6.07 Å². The molecule has 0 saturated heterocycles. The van der Waals surface area contributed by atoms with E-state index in [-0.39, 0.29) is 18.5 Å². The first kappa shape index (κ1) is 14.2. The van der Waals surface area contributed by atoms with E-state index in [2.05, 4.69) is 37.2 Å². The number of hydrogen-bond donors (Lipinski definition) is 1. The maximum absolute atomic E-state index is 12.2. The molecule has 2 aliphatic rings. The number of benzene rings is 1. The van der Waals surface area contributed by atoms with Gasteiger partial charge in [-0.2, -0.15) is 10.4 Å². The number of aromatic amines is 1. The van der Waals surface area contributed by atoms with Crippen LogP contribution in [-0.2, 0) is 9.53 Å². The Bertz CT molecular complexity index is 951. The predicted molar refractivity (Wildman–Crippen MR) is 86.7 cm³/mol. The van der Waals surface area contributed by atoms with E-state index in [1.807, 2.05) is 25.1 Å². The fraction of sp³-hybridized carbons (Fsp3) is 0.250. The van der Waals surface area contributed by atoms with Crippen molar-refractivity contribution in [2.45, 2.75) is 12.8 Å². The van der Waals surface area contributed by atoms with Crippen molar-refractivity contribution in [3.63, 3.8) is 0 Å². The van der Waals surface area contributed by atoms with Gasteiger partial charge in [0.2, 0.25) is 0 Å². The zero-order chi connectivity index (χ0) is 16.1. The van der Waals surface area contributed by atoms with Crippen molar-refractivity contribution in [2.24, 2.45) is 10.9 Å². The van der Waals surface area contributed by atoms with Crippen molar-refractivity contribution in [1.29, 1.82) is 5.26 Å². The first-order chi connectivity index (χ1) is 11.1. The highest BCUT2D eigenvalue weighted by molar-refractivity contribution is 9.10. The lowest BCUT2D eigenvalue weighted by atomic mass is 9.76. The van der Waals surface area contributed by atoms with Gasteiger partial charge >= 0.3 is 5.97 Å². The van der Waals surface area contributed by atoms with E-state index in [4.69, 9.17) is 4.74 Å². The van der Waals surface area contributed by atoms with Gasteiger partial charge in [0.15, 0.2) is 0 Å². The summed E-state index contributed by atoms with van der Waals surface area (Å²) in [7, 11) is 0. The fourth-order valence-corrected chi connectivity index (χ4v) is 3.62. The molecule has 6 nitrogen and oxygen atoms in total. The van der Waals surface area contributed by atoms with Crippen molar-refractivity contribution >= 4 is 38.5 Å². The van der Waals surface area contributed by atoms with Gasteiger partial charge in [-0.3, -0.25) is 10.1 Å². The van der Waals surface area contributed by atoms with Crippen LogP contribution in [0.15, 0.2) is 39.1 Å². The average Bonchev–Trinajstić information content (AvgIpc) is 3.09. The lowest BCUT2D eigenvalue weighted by molar-refractivity contribution is -0.136. The fourth-order valence-electron chi connectivity index (χ4n) is 3.21. The van der Waals surface area contributed by atoms with Crippen LogP contribution in [0.2, 0.25) is 0 Å². The van der Waals surface area contributed by atoms with Crippen LogP contribution in [0.25, 0.3) is 10.9 Å². The van der Waals surface area contributed by atoms with Crippen molar-refractivity contribution in [1.82, 2.24) is 10.2 Å². The van der Waals surface area contributed by atoms with Crippen LogP contribution in [0, 0.1) is 17.2 Å². The van der Waals surface area contributed by atoms with Gasteiger partial charge in [-0.25, -0.2) is 4.79 Å². The molecule has 2 aliphatic heterocycles. The summed E-state index contributed by atoms with van der Waals surface area (Å²) in [5.41, 5.74) is 3.54. The second kappa shape index (κ2) is 5.03. The minimum Gasteiger partial charge on any atom is -0.456 e. The van der Waals surface area contributed by atoms with Crippen LogP contribution in [0.4, 0.5) is 0 Å². The number of nitrogens with zero attached hydrogens (tertiary/aromatic N) is 3. The molecule has 0 fully saturated rings. The number of cyclic esters (lactones) is 1. The molecule has 114 valence electrons. The molecule has 1 aromatic carbocycles. The van der Waals surface area contributed by atoms with E-state index in [1.165, 1.54) is 0 Å². The number of aromatic nitrogens is 2. The molecule has 7 heteroatoms. The Hall–Kier alpha value is -2.46. The second-order valence-electron chi connectivity index (χ2n) is 5.59. The van der Waals surface area contributed by atoms with Gasteiger partial charge < -0.3 is 4.74 Å². The number of ether oxygens (including phenoxy) is 1. The van der Waals surface area contributed by atoms with Crippen LogP contribution in [0.3, 0.4) is 0 Å². The van der Waals surface area contributed by atoms with E-state index >= 15 is 0 Å². The standard InChI is InChI=1S/C16H11BrN4O2/c1-7-10(5-18)13(14-12(19-7)6-23-16(14)22)8-2-3-11-9(4-8)15(17)21-20-11/h2-4,10,13H,6H2,1H3,(H,20,21). The third kappa shape index (κ3) is 2.02. The van der Waals surface area contributed by atoms with Crippen LogP contribution in [0.5, 0.6) is 0 Å². The molecular formula is C16H11BrN4O2. The maximum Gasteiger partial charge on any atom is 0.337 e. The highest BCUT2D eigenvalue weighted by Gasteiger charge is 2.41. The number of aliphatic imine (C=N–C) groups is 1. The number of nitriles is 1. The second-order valence-corrected chi connectivity index (χ2v) is 6.38. The molecule has 23 heavy (non-hydrogen) atoms. The van der Waals surface area contributed by atoms with E-state index < -0.39 is 5.92 Å². The van der Waals surface area contributed by atoms with Gasteiger partial charge in [0.05, 0.1) is 28.8 Å². The minimum absolute atomic E-state index is 0.178. The molecule has 2 atom stereocenters.